The first-order chi connectivity index (χ1) is 12.3. The minimum Gasteiger partial charge on any atom is -0.476 e. The van der Waals surface area contributed by atoms with Crippen molar-refractivity contribution in [2.75, 3.05) is 5.32 Å². The van der Waals surface area contributed by atoms with Crippen LogP contribution >= 0.6 is 0 Å². The van der Waals surface area contributed by atoms with Gasteiger partial charge in [-0.25, -0.2) is 9.18 Å². The summed E-state index contributed by atoms with van der Waals surface area (Å²) in [5, 5.41) is 19.7. The summed E-state index contributed by atoms with van der Waals surface area (Å²) < 4.78 is 16.6. The summed E-state index contributed by atoms with van der Waals surface area (Å²) >= 11 is 0. The van der Waals surface area contributed by atoms with E-state index < -0.39 is 11.9 Å². The smallest absolute Gasteiger partial charge is 0.357 e. The van der Waals surface area contributed by atoms with E-state index in [1.807, 2.05) is 0 Å². The number of anilines is 1. The van der Waals surface area contributed by atoms with Crippen molar-refractivity contribution in [2.45, 2.75) is 13.5 Å². The van der Waals surface area contributed by atoms with Crippen molar-refractivity contribution in [3.63, 3.8) is 0 Å². The minimum absolute atomic E-state index is 0.0682. The number of aromatic carboxylic acids is 1. The van der Waals surface area contributed by atoms with Crippen molar-refractivity contribution >= 4 is 17.7 Å². The fraction of sp³-hybridized carbons (Fsp3) is 0.176. The number of benzene rings is 1. The second kappa shape index (κ2) is 6.79. The lowest BCUT2D eigenvalue weighted by Crippen LogP contribution is -2.16. The minimum atomic E-state index is -1.29. The molecule has 0 aliphatic rings. The molecule has 0 atom stereocenters. The number of carboxylic acid groups (broad SMARTS) is 1. The van der Waals surface area contributed by atoms with Gasteiger partial charge in [0.2, 0.25) is 0 Å². The van der Waals surface area contributed by atoms with Crippen LogP contribution in [0.3, 0.4) is 0 Å². The summed E-state index contributed by atoms with van der Waals surface area (Å²) in [6.07, 6.45) is 1.32. The number of hydrogen-bond donors (Lipinski definition) is 2. The van der Waals surface area contributed by atoms with Crippen LogP contribution < -0.4 is 5.32 Å². The fourth-order valence-electron chi connectivity index (χ4n) is 2.52. The van der Waals surface area contributed by atoms with E-state index in [1.54, 1.807) is 35.9 Å². The van der Waals surface area contributed by atoms with Crippen LogP contribution in [0, 0.1) is 12.7 Å². The Labute approximate surface area is 147 Å². The Kier molecular flexibility index (Phi) is 4.53. The summed E-state index contributed by atoms with van der Waals surface area (Å²) in [5.41, 5.74) is 0.777. The number of nitrogens with zero attached hydrogens (tertiary/aromatic N) is 4. The number of aromatic nitrogens is 4. The molecule has 0 saturated carbocycles. The monoisotopic (exact) mass is 357 g/mol. The molecule has 2 aromatic heterocycles. The maximum atomic E-state index is 13.8. The molecule has 1 aromatic carbocycles. The lowest BCUT2D eigenvalue weighted by Gasteiger charge is -2.05. The molecule has 0 spiro atoms. The highest BCUT2D eigenvalue weighted by molar-refractivity contribution is 6.09. The Morgan fingerprint density at radius 3 is 2.69 bits per heavy atom. The number of carboxylic acids is 1. The lowest BCUT2D eigenvalue weighted by molar-refractivity contribution is 0.0685. The molecule has 0 unspecified atom stereocenters. The Balaban J connectivity index is 1.80. The molecule has 134 valence electrons. The zero-order valence-corrected chi connectivity index (χ0v) is 14.1. The maximum Gasteiger partial charge on any atom is 0.357 e. The molecule has 26 heavy (non-hydrogen) atoms. The second-order valence-electron chi connectivity index (χ2n) is 5.74. The SMILES string of the molecule is Cc1cc(NC(=O)c2cn(C)nc2C(=O)O)nn1Cc1ccccc1F. The van der Waals surface area contributed by atoms with Crippen LogP contribution in [0.1, 0.15) is 32.1 Å². The highest BCUT2D eigenvalue weighted by atomic mass is 19.1. The van der Waals surface area contributed by atoms with Crippen LogP contribution in [-0.2, 0) is 13.6 Å². The Morgan fingerprint density at radius 2 is 2.00 bits per heavy atom. The third-order valence-corrected chi connectivity index (χ3v) is 3.78. The van der Waals surface area contributed by atoms with Crippen molar-refractivity contribution in [3.05, 3.63) is 64.9 Å². The van der Waals surface area contributed by atoms with E-state index in [9.17, 15) is 14.0 Å². The van der Waals surface area contributed by atoms with E-state index in [-0.39, 0.29) is 29.4 Å². The third-order valence-electron chi connectivity index (χ3n) is 3.78. The van der Waals surface area contributed by atoms with Crippen LogP contribution in [0.2, 0.25) is 0 Å². The van der Waals surface area contributed by atoms with Gasteiger partial charge in [-0.1, -0.05) is 18.2 Å². The quantitative estimate of drug-likeness (QED) is 0.728. The fourth-order valence-corrected chi connectivity index (χ4v) is 2.52. The van der Waals surface area contributed by atoms with E-state index in [4.69, 9.17) is 5.11 Å². The molecule has 3 aromatic rings. The topological polar surface area (TPSA) is 102 Å². The number of nitrogens with one attached hydrogen (secondary N) is 1. The molecule has 0 fully saturated rings. The van der Waals surface area contributed by atoms with Gasteiger partial charge in [0.15, 0.2) is 11.5 Å². The van der Waals surface area contributed by atoms with E-state index in [2.05, 4.69) is 15.5 Å². The average Bonchev–Trinajstić information content (AvgIpc) is 3.13. The second-order valence-corrected chi connectivity index (χ2v) is 5.74. The van der Waals surface area contributed by atoms with Gasteiger partial charge in [-0.15, -0.1) is 0 Å². The number of carbonyl (C=O) groups is 2. The van der Waals surface area contributed by atoms with Crippen molar-refractivity contribution in [1.29, 1.82) is 0 Å². The van der Waals surface area contributed by atoms with Gasteiger partial charge in [0.1, 0.15) is 5.82 Å². The summed E-state index contributed by atoms with van der Waals surface area (Å²) in [6.45, 7) is 1.98. The number of aryl methyl sites for hydroxylation is 2. The summed E-state index contributed by atoms with van der Waals surface area (Å²) in [4.78, 5) is 23.5. The molecule has 0 aliphatic heterocycles. The molecule has 0 bridgehead atoms. The normalized spacial score (nSPS) is 10.7. The van der Waals surface area contributed by atoms with Crippen LogP contribution in [0.4, 0.5) is 10.2 Å². The van der Waals surface area contributed by atoms with Crippen LogP contribution in [0.15, 0.2) is 36.5 Å². The van der Waals surface area contributed by atoms with Gasteiger partial charge < -0.3 is 10.4 Å². The van der Waals surface area contributed by atoms with Crippen molar-refractivity contribution in [1.82, 2.24) is 19.6 Å². The highest BCUT2D eigenvalue weighted by Crippen LogP contribution is 2.15. The van der Waals surface area contributed by atoms with Crippen molar-refractivity contribution in [3.8, 4) is 0 Å². The standard InChI is InChI=1S/C17H16FN5O3/c1-10-7-14(20-23(10)8-11-5-3-4-6-13(11)18)19-16(24)12-9-22(2)21-15(12)17(25)26/h3-7,9H,8H2,1-2H3,(H,25,26)(H,19,20,24). The predicted molar refractivity (Wildman–Crippen MR) is 90.6 cm³/mol. The summed E-state index contributed by atoms with van der Waals surface area (Å²) in [6, 6.07) is 7.98. The number of rotatable bonds is 5. The van der Waals surface area contributed by atoms with Gasteiger partial charge in [0.25, 0.3) is 5.91 Å². The summed E-state index contributed by atoms with van der Waals surface area (Å²) in [7, 11) is 1.52. The first kappa shape index (κ1) is 17.3. The van der Waals surface area contributed by atoms with Gasteiger partial charge in [0, 0.05) is 30.6 Å². The van der Waals surface area contributed by atoms with Gasteiger partial charge in [-0.05, 0) is 13.0 Å². The zero-order valence-electron chi connectivity index (χ0n) is 14.1. The van der Waals surface area contributed by atoms with E-state index in [0.717, 1.165) is 0 Å². The lowest BCUT2D eigenvalue weighted by atomic mass is 10.2. The van der Waals surface area contributed by atoms with E-state index in [0.29, 0.717) is 11.3 Å². The first-order valence-corrected chi connectivity index (χ1v) is 7.71. The van der Waals surface area contributed by atoms with E-state index in [1.165, 1.54) is 24.0 Å². The third kappa shape index (κ3) is 3.46. The Morgan fingerprint density at radius 1 is 1.27 bits per heavy atom. The Bertz CT molecular complexity index is 992. The molecule has 0 radical (unpaired) electrons. The largest absolute Gasteiger partial charge is 0.476 e. The summed E-state index contributed by atoms with van der Waals surface area (Å²) in [5.74, 6) is -2.03. The zero-order chi connectivity index (χ0) is 18.8. The first-order valence-electron chi connectivity index (χ1n) is 7.71. The molecule has 0 saturated heterocycles. The molecule has 2 N–H and O–H groups in total. The van der Waals surface area contributed by atoms with Gasteiger partial charge >= 0.3 is 5.97 Å². The maximum absolute atomic E-state index is 13.8. The van der Waals surface area contributed by atoms with Crippen LogP contribution in [0.5, 0.6) is 0 Å². The van der Waals surface area contributed by atoms with Crippen LogP contribution in [0.25, 0.3) is 0 Å². The van der Waals surface area contributed by atoms with Gasteiger partial charge in [-0.3, -0.25) is 14.2 Å². The van der Waals surface area contributed by atoms with Crippen LogP contribution in [-0.4, -0.2) is 36.5 Å². The molecule has 0 aliphatic carbocycles. The molecule has 1 amide bonds. The molecule has 3 rings (SSSR count). The average molecular weight is 357 g/mol. The van der Waals surface area contributed by atoms with Gasteiger partial charge in [-0.2, -0.15) is 10.2 Å². The van der Waals surface area contributed by atoms with E-state index >= 15 is 0 Å². The number of carbonyl (C=O) groups excluding carboxylic acids is 1. The van der Waals surface area contributed by atoms with Crippen molar-refractivity contribution in [2.24, 2.45) is 7.05 Å². The van der Waals surface area contributed by atoms with Gasteiger partial charge in [0.05, 0.1) is 12.1 Å². The van der Waals surface area contributed by atoms with Crippen molar-refractivity contribution < 1.29 is 19.1 Å². The Hall–Kier alpha value is -3.49. The number of amides is 1. The molecular formula is C17H16FN5O3. The highest BCUT2D eigenvalue weighted by Gasteiger charge is 2.21. The number of hydrogen-bond acceptors (Lipinski definition) is 4. The number of halogens is 1. The molecule has 9 heteroatoms. The molecule has 2 heterocycles. The molecular weight excluding hydrogens is 341 g/mol. The molecule has 8 nitrogen and oxygen atoms in total. The predicted octanol–water partition coefficient (Wildman–Crippen LogP) is 2.06.